The van der Waals surface area contributed by atoms with E-state index in [9.17, 15) is 9.18 Å². The molecule has 92 valence electrons. The Morgan fingerprint density at radius 2 is 2.11 bits per heavy atom. The van der Waals surface area contributed by atoms with Gasteiger partial charge in [-0.05, 0) is 40.2 Å². The molecule has 0 spiro atoms. The van der Waals surface area contributed by atoms with Crippen LogP contribution >= 0.6 is 15.9 Å². The van der Waals surface area contributed by atoms with Crippen molar-refractivity contribution in [3.05, 3.63) is 52.5 Å². The number of rotatable bonds is 2. The summed E-state index contributed by atoms with van der Waals surface area (Å²) >= 11 is 3.18. The van der Waals surface area contributed by atoms with Crippen molar-refractivity contribution in [2.24, 2.45) is 0 Å². The van der Waals surface area contributed by atoms with Crippen molar-refractivity contribution in [2.45, 2.75) is 0 Å². The summed E-state index contributed by atoms with van der Waals surface area (Å²) in [4.78, 5) is 15.8. The number of anilines is 2. The second-order valence-corrected chi connectivity index (χ2v) is 4.34. The molecule has 0 aliphatic carbocycles. The molecule has 2 rings (SSSR count). The lowest BCUT2D eigenvalue weighted by Crippen LogP contribution is -2.14. The predicted octanol–water partition coefficient (Wildman–Crippen LogP) is 2.82. The van der Waals surface area contributed by atoms with E-state index in [1.807, 2.05) is 0 Å². The highest BCUT2D eigenvalue weighted by Crippen LogP contribution is 2.18. The molecule has 0 radical (unpaired) electrons. The SMILES string of the molecule is Nc1c(F)cccc1C(=O)Nc1ccc(Br)nc1. The molecule has 3 N–H and O–H groups in total. The van der Waals surface area contributed by atoms with Crippen molar-refractivity contribution in [1.82, 2.24) is 4.98 Å². The summed E-state index contributed by atoms with van der Waals surface area (Å²) in [7, 11) is 0. The number of carbonyl (C=O) groups is 1. The van der Waals surface area contributed by atoms with Gasteiger partial charge in [0.15, 0.2) is 0 Å². The lowest BCUT2D eigenvalue weighted by atomic mass is 10.1. The Balaban J connectivity index is 2.22. The number of para-hydroxylation sites is 1. The maximum absolute atomic E-state index is 13.2. The van der Waals surface area contributed by atoms with Crippen molar-refractivity contribution >= 4 is 33.2 Å². The van der Waals surface area contributed by atoms with E-state index in [1.54, 1.807) is 12.1 Å². The molecule has 1 aromatic carbocycles. The first-order chi connectivity index (χ1) is 8.58. The highest BCUT2D eigenvalue weighted by molar-refractivity contribution is 9.10. The van der Waals surface area contributed by atoms with Crippen molar-refractivity contribution in [1.29, 1.82) is 0 Å². The normalized spacial score (nSPS) is 10.1. The smallest absolute Gasteiger partial charge is 0.257 e. The number of pyridine rings is 1. The summed E-state index contributed by atoms with van der Waals surface area (Å²) in [5, 5.41) is 2.58. The van der Waals surface area contributed by atoms with Crippen LogP contribution in [0, 0.1) is 5.82 Å². The monoisotopic (exact) mass is 309 g/mol. The van der Waals surface area contributed by atoms with E-state index in [4.69, 9.17) is 5.73 Å². The third-order valence-electron chi connectivity index (χ3n) is 2.28. The van der Waals surface area contributed by atoms with Crippen LogP contribution < -0.4 is 11.1 Å². The van der Waals surface area contributed by atoms with Crippen LogP contribution in [0.15, 0.2) is 41.1 Å². The summed E-state index contributed by atoms with van der Waals surface area (Å²) in [6.07, 6.45) is 1.48. The van der Waals surface area contributed by atoms with Crippen LogP contribution in [0.2, 0.25) is 0 Å². The molecule has 0 saturated heterocycles. The molecule has 0 aliphatic heterocycles. The van der Waals surface area contributed by atoms with Gasteiger partial charge in [-0.15, -0.1) is 0 Å². The second-order valence-electron chi connectivity index (χ2n) is 3.52. The van der Waals surface area contributed by atoms with Crippen LogP contribution in [0.4, 0.5) is 15.8 Å². The van der Waals surface area contributed by atoms with Crippen LogP contribution in [0.3, 0.4) is 0 Å². The van der Waals surface area contributed by atoms with Crippen molar-refractivity contribution in [2.75, 3.05) is 11.1 Å². The zero-order valence-electron chi connectivity index (χ0n) is 9.15. The molecular weight excluding hydrogens is 301 g/mol. The molecule has 18 heavy (non-hydrogen) atoms. The molecule has 1 heterocycles. The van der Waals surface area contributed by atoms with Crippen LogP contribution in [0.25, 0.3) is 0 Å². The van der Waals surface area contributed by atoms with Gasteiger partial charge < -0.3 is 11.1 Å². The minimum absolute atomic E-state index is 0.0953. The van der Waals surface area contributed by atoms with Gasteiger partial charge in [0.2, 0.25) is 0 Å². The zero-order chi connectivity index (χ0) is 13.1. The summed E-state index contributed by atoms with van der Waals surface area (Å²) in [5.41, 5.74) is 5.94. The number of nitrogens with two attached hydrogens (primary N) is 1. The number of carbonyl (C=O) groups excluding carboxylic acids is 1. The molecule has 1 amide bonds. The first-order valence-corrected chi connectivity index (χ1v) is 5.84. The first kappa shape index (κ1) is 12.5. The molecule has 0 fully saturated rings. The molecule has 0 aliphatic rings. The lowest BCUT2D eigenvalue weighted by molar-refractivity contribution is 0.102. The van der Waals surface area contributed by atoms with Crippen LogP contribution in [0.1, 0.15) is 10.4 Å². The van der Waals surface area contributed by atoms with E-state index in [0.717, 1.165) is 0 Å². The average Bonchev–Trinajstić information content (AvgIpc) is 2.35. The fraction of sp³-hybridized carbons (Fsp3) is 0. The van der Waals surface area contributed by atoms with Gasteiger partial charge in [-0.1, -0.05) is 6.07 Å². The largest absolute Gasteiger partial charge is 0.396 e. The molecule has 2 aromatic rings. The molecule has 0 saturated carbocycles. The summed E-state index contributed by atoms with van der Waals surface area (Å²) in [6.45, 7) is 0. The quantitative estimate of drug-likeness (QED) is 0.662. The molecular formula is C12H9BrFN3O. The molecule has 0 unspecified atom stereocenters. The number of hydrogen-bond donors (Lipinski definition) is 2. The molecule has 4 nitrogen and oxygen atoms in total. The molecule has 1 aromatic heterocycles. The molecule has 0 atom stereocenters. The van der Waals surface area contributed by atoms with Gasteiger partial charge in [0.1, 0.15) is 10.4 Å². The van der Waals surface area contributed by atoms with Crippen molar-refractivity contribution in [3.63, 3.8) is 0 Å². The summed E-state index contributed by atoms with van der Waals surface area (Å²) in [6, 6.07) is 7.45. The van der Waals surface area contributed by atoms with Crippen molar-refractivity contribution < 1.29 is 9.18 Å². The highest BCUT2D eigenvalue weighted by Gasteiger charge is 2.12. The average molecular weight is 310 g/mol. The van der Waals surface area contributed by atoms with E-state index >= 15 is 0 Å². The third-order valence-corrected chi connectivity index (χ3v) is 2.75. The molecule has 0 bridgehead atoms. The van der Waals surface area contributed by atoms with E-state index in [2.05, 4.69) is 26.2 Å². The minimum atomic E-state index is -0.614. The maximum atomic E-state index is 13.2. The summed E-state index contributed by atoms with van der Waals surface area (Å²) < 4.78 is 13.9. The van der Waals surface area contributed by atoms with Gasteiger partial charge in [0.25, 0.3) is 5.91 Å². The number of nitrogens with zero attached hydrogens (tertiary/aromatic N) is 1. The predicted molar refractivity (Wildman–Crippen MR) is 70.7 cm³/mol. The van der Waals surface area contributed by atoms with Crippen LogP contribution in [0.5, 0.6) is 0 Å². The Labute approximate surface area is 111 Å². The number of aromatic nitrogens is 1. The molecule has 6 heteroatoms. The standard InChI is InChI=1S/C12H9BrFN3O/c13-10-5-4-7(6-16-10)17-12(18)8-2-1-3-9(14)11(8)15/h1-6H,15H2,(H,17,18). The fourth-order valence-electron chi connectivity index (χ4n) is 1.38. The van der Waals surface area contributed by atoms with Gasteiger partial charge in [-0.2, -0.15) is 0 Å². The Morgan fingerprint density at radius 1 is 1.33 bits per heavy atom. The topological polar surface area (TPSA) is 68.0 Å². The lowest BCUT2D eigenvalue weighted by Gasteiger charge is -2.07. The number of amides is 1. The maximum Gasteiger partial charge on any atom is 0.257 e. The first-order valence-electron chi connectivity index (χ1n) is 5.05. The Bertz CT molecular complexity index is 586. The summed E-state index contributed by atoms with van der Waals surface area (Å²) in [5.74, 6) is -1.09. The van der Waals surface area contributed by atoms with Gasteiger partial charge in [-0.25, -0.2) is 9.37 Å². The number of halogens is 2. The second kappa shape index (κ2) is 5.14. The number of nitrogen functional groups attached to an aromatic ring is 1. The van der Waals surface area contributed by atoms with Crippen LogP contribution in [-0.2, 0) is 0 Å². The highest BCUT2D eigenvalue weighted by atomic mass is 79.9. The number of nitrogens with one attached hydrogen (secondary N) is 1. The van der Waals surface area contributed by atoms with E-state index < -0.39 is 11.7 Å². The third kappa shape index (κ3) is 2.65. The van der Waals surface area contributed by atoms with Crippen LogP contribution in [-0.4, -0.2) is 10.9 Å². The Hall–Kier alpha value is -1.95. The number of benzene rings is 1. The Morgan fingerprint density at radius 3 is 2.78 bits per heavy atom. The fourth-order valence-corrected chi connectivity index (χ4v) is 1.62. The zero-order valence-corrected chi connectivity index (χ0v) is 10.7. The van der Waals surface area contributed by atoms with Crippen molar-refractivity contribution in [3.8, 4) is 0 Å². The van der Waals surface area contributed by atoms with Gasteiger partial charge in [0, 0.05) is 0 Å². The van der Waals surface area contributed by atoms with E-state index in [0.29, 0.717) is 10.3 Å². The Kier molecular flexibility index (Phi) is 3.57. The minimum Gasteiger partial charge on any atom is -0.396 e. The number of hydrogen-bond acceptors (Lipinski definition) is 3. The van der Waals surface area contributed by atoms with Gasteiger partial charge in [-0.3, -0.25) is 4.79 Å². The van der Waals surface area contributed by atoms with E-state index in [-0.39, 0.29) is 11.3 Å². The van der Waals surface area contributed by atoms with Gasteiger partial charge >= 0.3 is 0 Å². The van der Waals surface area contributed by atoms with E-state index in [1.165, 1.54) is 24.4 Å². The van der Waals surface area contributed by atoms with Gasteiger partial charge in [0.05, 0.1) is 23.1 Å².